The molecule has 1 heterocycles. The highest BCUT2D eigenvalue weighted by Crippen LogP contribution is 2.27. The minimum atomic E-state index is 0.793. The molecular weight excluding hydrogens is 280 g/mol. The van der Waals surface area contributed by atoms with Crippen LogP contribution in [0.4, 0.5) is 5.69 Å². The van der Waals surface area contributed by atoms with Crippen LogP contribution in [0.25, 0.3) is 0 Å². The van der Waals surface area contributed by atoms with E-state index in [0.717, 1.165) is 12.0 Å². The lowest BCUT2D eigenvalue weighted by Crippen LogP contribution is -2.40. The van der Waals surface area contributed by atoms with Crippen LogP contribution in [0.5, 0.6) is 0 Å². The molecule has 0 N–H and O–H groups in total. The van der Waals surface area contributed by atoms with Gasteiger partial charge in [-0.2, -0.15) is 0 Å². The number of para-hydroxylation sites is 1. The predicted octanol–water partition coefficient (Wildman–Crippen LogP) is 4.95. The monoisotopic (exact) mass is 314 g/mol. The molecular formula is C21H34N2. The molecule has 1 aromatic carbocycles. The van der Waals surface area contributed by atoms with E-state index in [2.05, 4.69) is 47.2 Å². The van der Waals surface area contributed by atoms with E-state index in [-0.39, 0.29) is 0 Å². The van der Waals surface area contributed by atoms with E-state index in [9.17, 15) is 0 Å². The zero-order valence-corrected chi connectivity index (χ0v) is 14.9. The Hall–Kier alpha value is -1.02. The molecule has 1 atom stereocenters. The summed E-state index contributed by atoms with van der Waals surface area (Å²) in [6, 6.07) is 11.9. The molecule has 2 aliphatic rings. The molecule has 0 spiro atoms. The van der Waals surface area contributed by atoms with Gasteiger partial charge in [-0.3, -0.25) is 0 Å². The molecule has 23 heavy (non-hydrogen) atoms. The van der Waals surface area contributed by atoms with E-state index in [1.807, 2.05) is 0 Å². The first-order valence-corrected chi connectivity index (χ1v) is 9.83. The van der Waals surface area contributed by atoms with E-state index < -0.39 is 0 Å². The average Bonchev–Trinajstić information content (AvgIpc) is 2.61. The van der Waals surface area contributed by atoms with Gasteiger partial charge >= 0.3 is 0 Å². The van der Waals surface area contributed by atoms with Gasteiger partial charge in [0.2, 0.25) is 0 Å². The number of hydrogen-bond acceptors (Lipinski definition) is 2. The van der Waals surface area contributed by atoms with Crippen LogP contribution in [0.15, 0.2) is 30.3 Å². The first-order chi connectivity index (χ1) is 11.3. The summed E-state index contributed by atoms with van der Waals surface area (Å²) in [5, 5.41) is 0. The summed E-state index contributed by atoms with van der Waals surface area (Å²) in [4.78, 5) is 5.27. The Kier molecular flexibility index (Phi) is 6.38. The van der Waals surface area contributed by atoms with Gasteiger partial charge < -0.3 is 9.80 Å². The van der Waals surface area contributed by atoms with Crippen LogP contribution in [-0.2, 0) is 0 Å². The lowest BCUT2D eigenvalue weighted by Gasteiger charge is -2.36. The van der Waals surface area contributed by atoms with Crippen molar-refractivity contribution in [3.63, 3.8) is 0 Å². The molecule has 2 fully saturated rings. The summed E-state index contributed by atoms with van der Waals surface area (Å²) in [6.45, 7) is 3.77. The zero-order chi connectivity index (χ0) is 15.9. The maximum atomic E-state index is 2.68. The summed E-state index contributed by atoms with van der Waals surface area (Å²) < 4.78 is 0. The highest BCUT2D eigenvalue weighted by molar-refractivity contribution is 5.46. The Balaban J connectivity index is 1.60. The Labute approximate surface area is 142 Å². The molecule has 1 aliphatic carbocycles. The Morgan fingerprint density at radius 1 is 0.957 bits per heavy atom. The van der Waals surface area contributed by atoms with Crippen molar-refractivity contribution in [2.24, 2.45) is 5.92 Å². The Morgan fingerprint density at radius 3 is 2.43 bits per heavy atom. The fraction of sp³-hybridized carbons (Fsp3) is 0.714. The van der Waals surface area contributed by atoms with Crippen LogP contribution in [0.3, 0.4) is 0 Å². The number of likely N-dealkylation sites (tertiary alicyclic amines) is 1. The molecule has 1 saturated heterocycles. The van der Waals surface area contributed by atoms with Crippen LogP contribution < -0.4 is 4.90 Å². The largest absolute Gasteiger partial charge is 0.371 e. The van der Waals surface area contributed by atoms with Crippen LogP contribution >= 0.6 is 0 Å². The molecule has 128 valence electrons. The maximum absolute atomic E-state index is 2.68. The molecule has 1 aromatic rings. The zero-order valence-electron chi connectivity index (χ0n) is 14.9. The van der Waals surface area contributed by atoms with Crippen LogP contribution in [0.1, 0.15) is 57.8 Å². The SMILES string of the molecule is CN1CCCCC1CCN(CC1CCCCC1)c1ccccc1. The maximum Gasteiger partial charge on any atom is 0.0366 e. The second kappa shape index (κ2) is 8.73. The lowest BCUT2D eigenvalue weighted by molar-refractivity contribution is 0.177. The molecule has 0 aromatic heterocycles. The summed E-state index contributed by atoms with van der Waals surface area (Å²) in [7, 11) is 2.32. The Bertz CT molecular complexity index is 438. The molecule has 1 saturated carbocycles. The van der Waals surface area contributed by atoms with Gasteiger partial charge in [-0.15, -0.1) is 0 Å². The number of hydrogen-bond donors (Lipinski definition) is 0. The normalized spacial score (nSPS) is 23.8. The third-order valence-corrected chi connectivity index (χ3v) is 5.98. The number of piperidine rings is 1. The van der Waals surface area contributed by atoms with Crippen LogP contribution in [0, 0.1) is 5.92 Å². The molecule has 2 heteroatoms. The van der Waals surface area contributed by atoms with Gasteiger partial charge in [0.15, 0.2) is 0 Å². The minimum absolute atomic E-state index is 0.793. The van der Waals surface area contributed by atoms with Crippen molar-refractivity contribution in [2.45, 2.75) is 63.8 Å². The van der Waals surface area contributed by atoms with Crippen molar-refractivity contribution in [1.82, 2.24) is 4.90 Å². The van der Waals surface area contributed by atoms with Crippen molar-refractivity contribution in [1.29, 1.82) is 0 Å². The summed E-state index contributed by atoms with van der Waals surface area (Å²) >= 11 is 0. The van der Waals surface area contributed by atoms with Gasteiger partial charge in [-0.05, 0) is 63.7 Å². The molecule has 1 aliphatic heterocycles. The first-order valence-electron chi connectivity index (χ1n) is 9.83. The molecule has 2 nitrogen and oxygen atoms in total. The van der Waals surface area contributed by atoms with Gasteiger partial charge in [0.05, 0.1) is 0 Å². The fourth-order valence-electron chi connectivity index (χ4n) is 4.46. The summed E-state index contributed by atoms with van der Waals surface area (Å²) in [5.74, 6) is 0.910. The predicted molar refractivity (Wildman–Crippen MR) is 100 cm³/mol. The summed E-state index contributed by atoms with van der Waals surface area (Å²) in [6.07, 6.45) is 12.7. The molecule has 0 amide bonds. The van der Waals surface area contributed by atoms with Gasteiger partial charge in [0.1, 0.15) is 0 Å². The Morgan fingerprint density at radius 2 is 1.70 bits per heavy atom. The number of nitrogens with zero attached hydrogens (tertiary/aromatic N) is 2. The van der Waals surface area contributed by atoms with Crippen LogP contribution in [-0.4, -0.2) is 37.6 Å². The van der Waals surface area contributed by atoms with Crippen LogP contribution in [0.2, 0.25) is 0 Å². The standard InChI is InChI=1S/C21H34N2/c1-22-16-9-8-12-20(22)15-17-23(21-13-6-3-7-14-21)18-19-10-4-2-5-11-19/h3,6-7,13-14,19-20H,2,4-5,8-12,15-18H2,1H3. The first kappa shape index (κ1) is 16.8. The molecule has 3 rings (SSSR count). The third kappa shape index (κ3) is 4.97. The second-order valence-electron chi connectivity index (χ2n) is 7.70. The van der Waals surface area contributed by atoms with E-state index in [1.54, 1.807) is 0 Å². The topological polar surface area (TPSA) is 6.48 Å². The van der Waals surface area contributed by atoms with E-state index in [0.29, 0.717) is 0 Å². The quantitative estimate of drug-likeness (QED) is 0.733. The smallest absolute Gasteiger partial charge is 0.0366 e. The van der Waals surface area contributed by atoms with Crippen molar-refractivity contribution in [2.75, 3.05) is 31.6 Å². The van der Waals surface area contributed by atoms with Crippen molar-refractivity contribution < 1.29 is 0 Å². The molecule has 0 bridgehead atoms. The van der Waals surface area contributed by atoms with E-state index >= 15 is 0 Å². The number of rotatable bonds is 6. The second-order valence-corrected chi connectivity index (χ2v) is 7.70. The molecule has 1 unspecified atom stereocenters. The van der Waals surface area contributed by atoms with Gasteiger partial charge in [0.25, 0.3) is 0 Å². The lowest BCUT2D eigenvalue weighted by atomic mass is 9.88. The fourth-order valence-corrected chi connectivity index (χ4v) is 4.46. The summed E-state index contributed by atoms with van der Waals surface area (Å²) in [5.41, 5.74) is 1.43. The van der Waals surface area contributed by atoms with Crippen molar-refractivity contribution in [3.8, 4) is 0 Å². The van der Waals surface area contributed by atoms with Crippen molar-refractivity contribution >= 4 is 5.69 Å². The highest BCUT2D eigenvalue weighted by Gasteiger charge is 2.22. The number of benzene rings is 1. The number of anilines is 1. The third-order valence-electron chi connectivity index (χ3n) is 5.98. The minimum Gasteiger partial charge on any atom is -0.371 e. The average molecular weight is 315 g/mol. The van der Waals surface area contributed by atoms with E-state index in [4.69, 9.17) is 0 Å². The van der Waals surface area contributed by atoms with Crippen molar-refractivity contribution in [3.05, 3.63) is 30.3 Å². The van der Waals surface area contributed by atoms with Gasteiger partial charge in [-0.1, -0.05) is 43.9 Å². The van der Waals surface area contributed by atoms with Gasteiger partial charge in [0, 0.05) is 24.8 Å². The van der Waals surface area contributed by atoms with Gasteiger partial charge in [-0.25, -0.2) is 0 Å². The van der Waals surface area contributed by atoms with E-state index in [1.165, 1.54) is 83.1 Å². The highest BCUT2D eigenvalue weighted by atomic mass is 15.2. The molecule has 0 radical (unpaired) electrons.